The third kappa shape index (κ3) is 7.12. The molecule has 42 heavy (non-hydrogen) atoms. The minimum atomic E-state index is 0.113. The molecule has 0 spiro atoms. The largest absolute Gasteiger partial charge is 0.488 e. The van der Waals surface area contributed by atoms with Crippen molar-refractivity contribution in [2.75, 3.05) is 26.4 Å². The molecule has 0 bridgehead atoms. The molecule has 2 N–H and O–H groups in total. The summed E-state index contributed by atoms with van der Waals surface area (Å²) in [6.07, 6.45) is 3.83. The van der Waals surface area contributed by atoms with Gasteiger partial charge in [-0.1, -0.05) is 35.9 Å². The number of hydrogen-bond acceptors (Lipinski definition) is 8. The van der Waals surface area contributed by atoms with Crippen LogP contribution in [0.5, 0.6) is 23.0 Å². The van der Waals surface area contributed by atoms with Crippen LogP contribution >= 0.6 is 11.6 Å². The number of pyridine rings is 1. The number of nitrogens with zero attached hydrogens (tertiary/aromatic N) is 2. The molecule has 1 aliphatic rings. The first kappa shape index (κ1) is 29.2. The van der Waals surface area contributed by atoms with Gasteiger partial charge in [0.25, 0.3) is 0 Å². The fourth-order valence-corrected chi connectivity index (χ4v) is 4.93. The van der Waals surface area contributed by atoms with Gasteiger partial charge in [-0.3, -0.25) is 4.98 Å². The molecule has 0 amide bonds. The van der Waals surface area contributed by atoms with Crippen molar-refractivity contribution in [1.29, 1.82) is 5.26 Å². The second-order valence-electron chi connectivity index (χ2n) is 9.86. The normalized spacial score (nSPS) is 12.0. The van der Waals surface area contributed by atoms with E-state index in [1.54, 1.807) is 18.3 Å². The van der Waals surface area contributed by atoms with Crippen LogP contribution in [0.2, 0.25) is 5.02 Å². The topological polar surface area (TPSA) is 106 Å². The van der Waals surface area contributed by atoms with Gasteiger partial charge in [0.15, 0.2) is 11.5 Å². The van der Waals surface area contributed by atoms with E-state index in [2.05, 4.69) is 29.4 Å². The van der Waals surface area contributed by atoms with Crippen LogP contribution in [0, 0.1) is 18.3 Å². The first-order valence-corrected chi connectivity index (χ1v) is 14.2. The zero-order valence-electron chi connectivity index (χ0n) is 23.4. The minimum Gasteiger partial charge on any atom is -0.488 e. The third-order valence-electron chi connectivity index (χ3n) is 6.94. The molecular formula is C33H32ClN3O5. The predicted molar refractivity (Wildman–Crippen MR) is 160 cm³/mol. The van der Waals surface area contributed by atoms with Crippen LogP contribution in [0.4, 0.5) is 0 Å². The molecule has 0 aliphatic carbocycles. The van der Waals surface area contributed by atoms with Crippen molar-refractivity contribution in [2.45, 2.75) is 33.1 Å². The highest BCUT2D eigenvalue weighted by Crippen LogP contribution is 2.37. The number of aliphatic hydroxyl groups is 1. The highest BCUT2D eigenvalue weighted by molar-refractivity contribution is 6.32. The molecule has 1 aromatic heterocycles. The van der Waals surface area contributed by atoms with E-state index in [0.29, 0.717) is 61.4 Å². The van der Waals surface area contributed by atoms with E-state index in [1.165, 1.54) is 6.20 Å². The van der Waals surface area contributed by atoms with Crippen molar-refractivity contribution >= 4 is 11.6 Å². The second-order valence-corrected chi connectivity index (χ2v) is 10.3. The van der Waals surface area contributed by atoms with Gasteiger partial charge in [-0.15, -0.1) is 0 Å². The minimum absolute atomic E-state index is 0.113. The molecule has 0 atom stereocenters. The summed E-state index contributed by atoms with van der Waals surface area (Å²) < 4.78 is 23.9. The zero-order valence-corrected chi connectivity index (χ0v) is 24.1. The lowest BCUT2D eigenvalue weighted by Crippen LogP contribution is -2.16. The van der Waals surface area contributed by atoms with Crippen LogP contribution in [0.25, 0.3) is 11.1 Å². The van der Waals surface area contributed by atoms with Crippen molar-refractivity contribution in [3.05, 3.63) is 99.8 Å². The van der Waals surface area contributed by atoms with Gasteiger partial charge in [0, 0.05) is 42.7 Å². The number of rotatable bonds is 12. The summed E-state index contributed by atoms with van der Waals surface area (Å²) in [5.41, 5.74) is 6.34. The van der Waals surface area contributed by atoms with Gasteiger partial charge in [0.2, 0.25) is 0 Å². The molecule has 0 unspecified atom stereocenters. The van der Waals surface area contributed by atoms with Crippen molar-refractivity contribution < 1.29 is 24.1 Å². The van der Waals surface area contributed by atoms with Crippen molar-refractivity contribution in [3.8, 4) is 40.2 Å². The molecule has 5 rings (SSSR count). The van der Waals surface area contributed by atoms with Crippen LogP contribution in [-0.2, 0) is 19.8 Å². The second kappa shape index (κ2) is 14.1. The van der Waals surface area contributed by atoms with Gasteiger partial charge in [-0.25, -0.2) is 0 Å². The van der Waals surface area contributed by atoms with E-state index >= 15 is 0 Å². The lowest BCUT2D eigenvalue weighted by molar-refractivity contribution is 0.171. The van der Waals surface area contributed by atoms with Crippen LogP contribution in [0.1, 0.15) is 34.2 Å². The Morgan fingerprint density at radius 3 is 2.64 bits per heavy atom. The lowest BCUT2D eigenvalue weighted by atomic mass is 9.96. The van der Waals surface area contributed by atoms with Crippen LogP contribution in [-0.4, -0.2) is 36.5 Å². The standard InChI is InChI=1S/C33H32ClN3O5/c1-22-26(4-2-5-28(22)25-6-7-30-33(14-25)40-11-10-39-30)21-42-32-15-31(27(13-29(32)34)19-36-8-3-9-38)41-20-24-12-23(16-35)17-37-18-24/h2,4-7,12-15,17-18,36,38H,3,8-11,19-21H2,1H3. The average molecular weight is 586 g/mol. The number of nitriles is 1. The van der Waals surface area contributed by atoms with E-state index in [4.69, 9.17) is 35.7 Å². The van der Waals surface area contributed by atoms with Crippen LogP contribution in [0.3, 0.4) is 0 Å². The Morgan fingerprint density at radius 1 is 0.976 bits per heavy atom. The fourth-order valence-electron chi connectivity index (χ4n) is 4.69. The van der Waals surface area contributed by atoms with Gasteiger partial charge in [-0.2, -0.15) is 5.26 Å². The number of hydrogen-bond donors (Lipinski definition) is 2. The van der Waals surface area contributed by atoms with E-state index < -0.39 is 0 Å². The molecule has 0 saturated heterocycles. The molecule has 3 aromatic carbocycles. The molecule has 9 heteroatoms. The number of ether oxygens (including phenoxy) is 4. The average Bonchev–Trinajstić information content (AvgIpc) is 3.02. The maximum atomic E-state index is 9.20. The summed E-state index contributed by atoms with van der Waals surface area (Å²) >= 11 is 6.68. The van der Waals surface area contributed by atoms with E-state index in [0.717, 1.165) is 44.9 Å². The Labute approximate surface area is 250 Å². The Bertz CT molecular complexity index is 1590. The zero-order chi connectivity index (χ0) is 29.3. The smallest absolute Gasteiger partial charge is 0.161 e. The Morgan fingerprint density at radius 2 is 1.81 bits per heavy atom. The molecule has 0 fully saturated rings. The molecule has 2 heterocycles. The van der Waals surface area contributed by atoms with Crippen molar-refractivity contribution in [2.24, 2.45) is 0 Å². The summed E-state index contributed by atoms with van der Waals surface area (Å²) in [6.45, 7) is 4.97. The van der Waals surface area contributed by atoms with Crippen LogP contribution in [0.15, 0.2) is 67.0 Å². The van der Waals surface area contributed by atoms with Gasteiger partial charge in [0.05, 0.1) is 10.6 Å². The van der Waals surface area contributed by atoms with E-state index in [1.807, 2.05) is 36.4 Å². The monoisotopic (exact) mass is 585 g/mol. The summed E-state index contributed by atoms with van der Waals surface area (Å²) in [7, 11) is 0. The number of halogens is 1. The number of fused-ring (bicyclic) bond motifs is 1. The molecule has 0 saturated carbocycles. The lowest BCUT2D eigenvalue weighted by Gasteiger charge is -2.20. The Hall–Kier alpha value is -4.29. The molecular weight excluding hydrogens is 554 g/mol. The summed E-state index contributed by atoms with van der Waals surface area (Å²) in [6, 6.07) is 19.6. The Balaban J connectivity index is 1.35. The SMILES string of the molecule is Cc1c(COc2cc(OCc3cncc(C#N)c3)c(CNCCCO)cc2Cl)cccc1-c1ccc2c(c1)OCCO2. The number of aromatic nitrogens is 1. The third-order valence-corrected chi connectivity index (χ3v) is 7.24. The van der Waals surface area contributed by atoms with E-state index in [-0.39, 0.29) is 13.2 Å². The molecule has 216 valence electrons. The Kier molecular flexibility index (Phi) is 9.78. The maximum absolute atomic E-state index is 9.20. The van der Waals surface area contributed by atoms with Gasteiger partial charge < -0.3 is 29.4 Å². The highest BCUT2D eigenvalue weighted by atomic mass is 35.5. The van der Waals surface area contributed by atoms with Crippen LogP contribution < -0.4 is 24.3 Å². The van der Waals surface area contributed by atoms with Gasteiger partial charge in [-0.05, 0) is 66.4 Å². The molecule has 1 aliphatic heterocycles. The first-order valence-electron chi connectivity index (χ1n) is 13.8. The summed E-state index contributed by atoms with van der Waals surface area (Å²) in [5, 5.41) is 22.1. The van der Waals surface area contributed by atoms with Gasteiger partial charge >= 0.3 is 0 Å². The highest BCUT2D eigenvalue weighted by Gasteiger charge is 2.16. The molecule has 8 nitrogen and oxygen atoms in total. The van der Waals surface area contributed by atoms with Crippen molar-refractivity contribution in [1.82, 2.24) is 10.3 Å². The predicted octanol–water partition coefficient (Wildman–Crippen LogP) is 5.98. The number of aliphatic hydroxyl groups excluding tert-OH is 1. The molecule has 4 aromatic rings. The van der Waals surface area contributed by atoms with Crippen molar-refractivity contribution in [3.63, 3.8) is 0 Å². The molecule has 0 radical (unpaired) electrons. The van der Waals surface area contributed by atoms with E-state index in [9.17, 15) is 5.26 Å². The summed E-state index contributed by atoms with van der Waals surface area (Å²) in [5.74, 6) is 2.62. The fraction of sp³-hybridized carbons (Fsp3) is 0.273. The first-order chi connectivity index (χ1) is 20.6. The number of benzene rings is 3. The number of nitrogens with one attached hydrogen (secondary N) is 1. The van der Waals surface area contributed by atoms with Gasteiger partial charge in [0.1, 0.15) is 44.0 Å². The quantitative estimate of drug-likeness (QED) is 0.196. The summed E-state index contributed by atoms with van der Waals surface area (Å²) in [4.78, 5) is 4.12. The maximum Gasteiger partial charge on any atom is 0.161 e.